The number of nitrogens with zero attached hydrogens (tertiary/aromatic N) is 3. The lowest BCUT2D eigenvalue weighted by Crippen LogP contribution is -2.40. The van der Waals surface area contributed by atoms with Gasteiger partial charge in [0.2, 0.25) is 17.8 Å². The van der Waals surface area contributed by atoms with Crippen molar-refractivity contribution in [3.05, 3.63) is 65.9 Å². The van der Waals surface area contributed by atoms with Crippen molar-refractivity contribution < 1.29 is 9.59 Å². The first kappa shape index (κ1) is 22.8. The van der Waals surface area contributed by atoms with Crippen LogP contribution in [0.1, 0.15) is 43.7 Å². The van der Waals surface area contributed by atoms with Crippen LogP contribution >= 0.6 is 0 Å². The third kappa shape index (κ3) is 5.16. The number of hydrogen-bond donors (Lipinski definition) is 1. The number of amides is 2. The molecule has 1 saturated carbocycles. The van der Waals surface area contributed by atoms with E-state index in [1.54, 1.807) is 4.90 Å². The number of carbonyl (C=O) groups is 2. The maximum Gasteiger partial charge on any atom is 0.246 e. The number of likely N-dealkylation sites (N-methyl/N-ethyl adjacent to an activating group) is 1. The molecule has 4 rings (SSSR count). The molecule has 33 heavy (non-hydrogen) atoms. The normalized spacial score (nSPS) is 13.8. The van der Waals surface area contributed by atoms with Crippen LogP contribution in [0.4, 0.5) is 5.95 Å². The Labute approximate surface area is 195 Å². The van der Waals surface area contributed by atoms with Gasteiger partial charge in [0.25, 0.3) is 0 Å². The number of aryl methyl sites for hydroxylation is 2. The number of nitrogens with one attached hydrogen (secondary N) is 1. The van der Waals surface area contributed by atoms with Gasteiger partial charge in [-0.15, -0.1) is 0 Å². The Balaban J connectivity index is 1.60. The first-order valence-corrected chi connectivity index (χ1v) is 11.8. The molecule has 1 N–H and O–H groups in total. The molecule has 1 heterocycles. The molecule has 2 amide bonds. The standard InChI is InChI=1S/C27H32N4O2/c1-4-30(26(33)22-12-8-9-13-22)18-25(32)29-27-28-24(21-10-6-5-7-11-21)17-31(27)23-15-14-19(2)20(3)16-23/h5-7,10-11,14-17,22H,4,8-9,12-13,18H2,1-3H3,(H,28,29,32). The van der Waals surface area contributed by atoms with Gasteiger partial charge in [-0.25, -0.2) is 4.98 Å². The van der Waals surface area contributed by atoms with E-state index in [0.29, 0.717) is 12.5 Å². The largest absolute Gasteiger partial charge is 0.333 e. The smallest absolute Gasteiger partial charge is 0.246 e. The van der Waals surface area contributed by atoms with Crippen LogP contribution in [0.2, 0.25) is 0 Å². The van der Waals surface area contributed by atoms with Crippen LogP contribution < -0.4 is 5.32 Å². The Morgan fingerprint density at radius 3 is 2.45 bits per heavy atom. The van der Waals surface area contributed by atoms with Crippen LogP contribution in [0.3, 0.4) is 0 Å². The first-order valence-electron chi connectivity index (χ1n) is 11.8. The highest BCUT2D eigenvalue weighted by Crippen LogP contribution is 2.27. The van der Waals surface area contributed by atoms with Crippen molar-refractivity contribution in [1.29, 1.82) is 0 Å². The summed E-state index contributed by atoms with van der Waals surface area (Å²) in [4.78, 5) is 32.2. The lowest BCUT2D eigenvalue weighted by atomic mass is 10.1. The van der Waals surface area contributed by atoms with Crippen LogP contribution in [0.25, 0.3) is 16.9 Å². The Morgan fingerprint density at radius 1 is 1.06 bits per heavy atom. The molecule has 6 heteroatoms. The van der Waals surface area contributed by atoms with Crippen molar-refractivity contribution in [3.8, 4) is 16.9 Å². The highest BCUT2D eigenvalue weighted by Gasteiger charge is 2.28. The Bertz CT molecular complexity index is 1130. The first-order chi connectivity index (χ1) is 16.0. The van der Waals surface area contributed by atoms with Crippen molar-refractivity contribution in [2.45, 2.75) is 46.5 Å². The van der Waals surface area contributed by atoms with E-state index in [2.05, 4.69) is 31.3 Å². The monoisotopic (exact) mass is 444 g/mol. The van der Waals surface area contributed by atoms with Crippen molar-refractivity contribution >= 4 is 17.8 Å². The highest BCUT2D eigenvalue weighted by atomic mass is 16.2. The molecule has 6 nitrogen and oxygen atoms in total. The van der Waals surface area contributed by atoms with E-state index in [1.165, 1.54) is 11.1 Å². The van der Waals surface area contributed by atoms with Crippen LogP contribution in [0, 0.1) is 19.8 Å². The molecule has 0 aliphatic heterocycles. The van der Waals surface area contributed by atoms with Crippen molar-refractivity contribution in [1.82, 2.24) is 14.5 Å². The summed E-state index contributed by atoms with van der Waals surface area (Å²) in [7, 11) is 0. The molecule has 2 aromatic carbocycles. The summed E-state index contributed by atoms with van der Waals surface area (Å²) in [5.74, 6) is 0.359. The zero-order valence-corrected chi connectivity index (χ0v) is 19.7. The molecule has 1 aromatic heterocycles. The van der Waals surface area contributed by atoms with Gasteiger partial charge in [-0.05, 0) is 56.9 Å². The minimum Gasteiger partial charge on any atom is -0.333 e. The van der Waals surface area contributed by atoms with Gasteiger partial charge in [0.05, 0.1) is 12.2 Å². The molecule has 0 radical (unpaired) electrons. The number of carbonyl (C=O) groups excluding carboxylic acids is 2. The van der Waals surface area contributed by atoms with Crippen LogP contribution in [-0.2, 0) is 9.59 Å². The van der Waals surface area contributed by atoms with E-state index >= 15 is 0 Å². The topological polar surface area (TPSA) is 67.2 Å². The predicted molar refractivity (Wildman–Crippen MR) is 131 cm³/mol. The summed E-state index contributed by atoms with van der Waals surface area (Å²) in [5, 5.41) is 2.96. The molecule has 0 unspecified atom stereocenters. The van der Waals surface area contributed by atoms with Gasteiger partial charge in [-0.3, -0.25) is 19.5 Å². The Kier molecular flexibility index (Phi) is 6.92. The minimum atomic E-state index is -0.238. The van der Waals surface area contributed by atoms with Gasteiger partial charge < -0.3 is 4.90 Å². The van der Waals surface area contributed by atoms with Gasteiger partial charge in [-0.2, -0.15) is 0 Å². The van der Waals surface area contributed by atoms with Crippen LogP contribution in [0.5, 0.6) is 0 Å². The van der Waals surface area contributed by atoms with Gasteiger partial charge >= 0.3 is 0 Å². The maximum atomic E-state index is 13.0. The lowest BCUT2D eigenvalue weighted by Gasteiger charge is -2.23. The fourth-order valence-corrected chi connectivity index (χ4v) is 4.40. The van der Waals surface area contributed by atoms with Gasteiger partial charge in [-0.1, -0.05) is 49.2 Å². The van der Waals surface area contributed by atoms with Gasteiger partial charge in [0.15, 0.2) is 0 Å². The molecule has 1 aliphatic carbocycles. The highest BCUT2D eigenvalue weighted by molar-refractivity contribution is 5.94. The van der Waals surface area contributed by atoms with Gasteiger partial charge in [0.1, 0.15) is 0 Å². The molecule has 0 atom stereocenters. The minimum absolute atomic E-state index is 0.0340. The van der Waals surface area contributed by atoms with E-state index in [-0.39, 0.29) is 24.3 Å². The molecule has 3 aromatic rings. The van der Waals surface area contributed by atoms with E-state index in [4.69, 9.17) is 4.98 Å². The van der Waals surface area contributed by atoms with E-state index in [9.17, 15) is 9.59 Å². The number of imidazole rings is 1. The summed E-state index contributed by atoms with van der Waals surface area (Å²) in [6.45, 7) is 6.62. The zero-order valence-electron chi connectivity index (χ0n) is 19.7. The molecular weight excluding hydrogens is 412 g/mol. The summed E-state index contributed by atoms with van der Waals surface area (Å²) in [6, 6.07) is 16.1. The molecule has 0 saturated heterocycles. The molecule has 1 fully saturated rings. The second kappa shape index (κ2) is 10.0. The Hall–Kier alpha value is -3.41. The molecule has 0 spiro atoms. The number of benzene rings is 2. The quantitative estimate of drug-likeness (QED) is 0.549. The lowest BCUT2D eigenvalue weighted by molar-refractivity contribution is -0.138. The van der Waals surface area contributed by atoms with Crippen molar-refractivity contribution in [2.24, 2.45) is 5.92 Å². The SMILES string of the molecule is CCN(CC(=O)Nc1nc(-c2ccccc2)cn1-c1ccc(C)c(C)c1)C(=O)C1CCCC1. The average molecular weight is 445 g/mol. The third-order valence-corrected chi connectivity index (χ3v) is 6.53. The predicted octanol–water partition coefficient (Wildman–Crippen LogP) is 5.13. The average Bonchev–Trinajstić information content (AvgIpc) is 3.50. The number of aromatic nitrogens is 2. The number of hydrogen-bond acceptors (Lipinski definition) is 3. The van der Waals surface area contributed by atoms with Crippen LogP contribution in [0.15, 0.2) is 54.7 Å². The second-order valence-corrected chi connectivity index (χ2v) is 8.84. The van der Waals surface area contributed by atoms with Crippen molar-refractivity contribution in [2.75, 3.05) is 18.4 Å². The summed E-state index contributed by atoms with van der Waals surface area (Å²) < 4.78 is 1.90. The van der Waals surface area contributed by atoms with E-state index in [0.717, 1.165) is 42.6 Å². The third-order valence-electron chi connectivity index (χ3n) is 6.53. The molecule has 0 bridgehead atoms. The molecule has 172 valence electrons. The molecule has 1 aliphatic rings. The second-order valence-electron chi connectivity index (χ2n) is 8.84. The maximum absolute atomic E-state index is 13.0. The zero-order chi connectivity index (χ0) is 23.4. The van der Waals surface area contributed by atoms with E-state index < -0.39 is 0 Å². The Morgan fingerprint density at radius 2 is 1.79 bits per heavy atom. The fraction of sp³-hybridized carbons (Fsp3) is 0.370. The van der Waals surface area contributed by atoms with Gasteiger partial charge in [0, 0.05) is 29.9 Å². The summed E-state index contributed by atoms with van der Waals surface area (Å²) >= 11 is 0. The fourth-order valence-electron chi connectivity index (χ4n) is 4.40. The number of anilines is 1. The van der Waals surface area contributed by atoms with Crippen molar-refractivity contribution in [3.63, 3.8) is 0 Å². The summed E-state index contributed by atoms with van der Waals surface area (Å²) in [6.07, 6.45) is 5.98. The molecular formula is C27H32N4O2. The van der Waals surface area contributed by atoms with Crippen LogP contribution in [-0.4, -0.2) is 39.4 Å². The summed E-state index contributed by atoms with van der Waals surface area (Å²) in [5.41, 5.74) is 5.05. The van der Waals surface area contributed by atoms with E-state index in [1.807, 2.05) is 54.1 Å². The number of rotatable bonds is 7.